The smallest absolute Gasteiger partial charge is 0.325 e. The van der Waals surface area contributed by atoms with Gasteiger partial charge in [0.1, 0.15) is 5.69 Å². The molecule has 2 unspecified atom stereocenters. The van der Waals surface area contributed by atoms with E-state index in [1.165, 1.54) is 4.90 Å². The highest BCUT2D eigenvalue weighted by Gasteiger charge is 2.28. The van der Waals surface area contributed by atoms with Crippen molar-refractivity contribution in [3.63, 3.8) is 0 Å². The number of hydrogen-bond acceptors (Lipinski definition) is 2. The molecule has 2 atom stereocenters. The zero-order chi connectivity index (χ0) is 19.2. The molecule has 1 aromatic rings. The van der Waals surface area contributed by atoms with Crippen LogP contribution in [0.3, 0.4) is 0 Å². The van der Waals surface area contributed by atoms with E-state index in [1.54, 1.807) is 18.2 Å². The summed E-state index contributed by atoms with van der Waals surface area (Å²) in [5.74, 6) is 0.0823. The van der Waals surface area contributed by atoms with Gasteiger partial charge in [0.25, 0.3) is 0 Å². The Bertz CT molecular complexity index is 755. The van der Waals surface area contributed by atoms with Gasteiger partial charge in [0.2, 0.25) is 5.96 Å². The number of nitrogens with two attached hydrogens (primary N) is 1. The van der Waals surface area contributed by atoms with E-state index in [-0.39, 0.29) is 24.1 Å². The summed E-state index contributed by atoms with van der Waals surface area (Å²) >= 11 is 12.4. The van der Waals surface area contributed by atoms with Gasteiger partial charge in [-0.2, -0.15) is 0 Å². The summed E-state index contributed by atoms with van der Waals surface area (Å²) in [5, 5.41) is 3.83. The standard InChI is InChI=1S/C20H24Cl2N4O/c21-16-12-7-13-17(22)18(16)25-19(23)26(15-10-5-2-6-11-15)20(27)24-14-8-3-1-4-9-14/h3,5,7-8,10,12-15H,1-2,4,6,9,11H2,(H2,23,25)(H,24,27). The molecule has 2 aliphatic carbocycles. The van der Waals surface area contributed by atoms with Gasteiger partial charge in [0.15, 0.2) is 0 Å². The number of carbonyl (C=O) groups is 1. The van der Waals surface area contributed by atoms with Crippen molar-refractivity contribution >= 4 is 40.9 Å². The van der Waals surface area contributed by atoms with Gasteiger partial charge < -0.3 is 11.1 Å². The number of guanidine groups is 1. The van der Waals surface area contributed by atoms with Crippen LogP contribution in [0.15, 0.2) is 47.5 Å². The molecule has 3 rings (SSSR count). The summed E-state index contributed by atoms with van der Waals surface area (Å²) in [6, 6.07) is 4.74. The van der Waals surface area contributed by atoms with E-state index in [1.807, 2.05) is 12.2 Å². The molecule has 0 aromatic heterocycles. The Morgan fingerprint density at radius 2 is 1.78 bits per heavy atom. The van der Waals surface area contributed by atoms with E-state index in [0.29, 0.717) is 15.7 Å². The number of para-hydroxylation sites is 1. The van der Waals surface area contributed by atoms with Crippen LogP contribution in [-0.4, -0.2) is 29.0 Å². The number of hydrogen-bond donors (Lipinski definition) is 2. The zero-order valence-electron chi connectivity index (χ0n) is 15.1. The maximum absolute atomic E-state index is 13.0. The van der Waals surface area contributed by atoms with Crippen molar-refractivity contribution in [2.24, 2.45) is 10.7 Å². The zero-order valence-corrected chi connectivity index (χ0v) is 16.6. The highest BCUT2D eigenvalue weighted by Crippen LogP contribution is 2.33. The Hall–Kier alpha value is -1.98. The molecule has 2 aliphatic rings. The third-order valence-corrected chi connectivity index (χ3v) is 5.36. The molecular formula is C20H24Cl2N4O. The molecule has 2 amide bonds. The molecule has 3 N–H and O–H groups in total. The van der Waals surface area contributed by atoms with E-state index in [2.05, 4.69) is 22.5 Å². The largest absolute Gasteiger partial charge is 0.369 e. The summed E-state index contributed by atoms with van der Waals surface area (Å²) in [5.41, 5.74) is 6.64. The molecule has 27 heavy (non-hydrogen) atoms. The van der Waals surface area contributed by atoms with Crippen LogP contribution in [0.25, 0.3) is 0 Å². The van der Waals surface area contributed by atoms with Gasteiger partial charge in [-0.3, -0.25) is 4.90 Å². The average Bonchev–Trinajstić information content (AvgIpc) is 2.67. The quantitative estimate of drug-likeness (QED) is 0.412. The van der Waals surface area contributed by atoms with E-state index in [4.69, 9.17) is 28.9 Å². The molecule has 1 aromatic carbocycles. The van der Waals surface area contributed by atoms with Crippen molar-refractivity contribution in [2.75, 3.05) is 0 Å². The summed E-state index contributed by atoms with van der Waals surface area (Å²) in [7, 11) is 0. The van der Waals surface area contributed by atoms with Crippen molar-refractivity contribution in [3.8, 4) is 0 Å². The van der Waals surface area contributed by atoms with Gasteiger partial charge in [-0.25, -0.2) is 9.79 Å². The minimum atomic E-state index is -0.257. The first kappa shape index (κ1) is 19.8. The average molecular weight is 407 g/mol. The van der Waals surface area contributed by atoms with Gasteiger partial charge in [0.05, 0.1) is 16.1 Å². The lowest BCUT2D eigenvalue weighted by atomic mass is 10.0. The second kappa shape index (κ2) is 9.29. The number of aliphatic imine (C=N–C) groups is 1. The van der Waals surface area contributed by atoms with Gasteiger partial charge in [-0.1, -0.05) is 53.6 Å². The van der Waals surface area contributed by atoms with Crippen LogP contribution in [0, 0.1) is 0 Å². The minimum Gasteiger partial charge on any atom is -0.369 e. The molecule has 0 aliphatic heterocycles. The number of nitrogens with one attached hydrogen (secondary N) is 1. The maximum Gasteiger partial charge on any atom is 0.325 e. The molecule has 5 nitrogen and oxygen atoms in total. The number of rotatable bonds is 3. The molecule has 144 valence electrons. The number of amides is 2. The monoisotopic (exact) mass is 406 g/mol. The first-order valence-corrected chi connectivity index (χ1v) is 10.0. The van der Waals surface area contributed by atoms with Gasteiger partial charge in [0, 0.05) is 6.04 Å². The van der Waals surface area contributed by atoms with Crippen LogP contribution in [0.2, 0.25) is 10.0 Å². The van der Waals surface area contributed by atoms with Gasteiger partial charge >= 0.3 is 6.03 Å². The van der Waals surface area contributed by atoms with Crippen molar-refractivity contribution in [3.05, 3.63) is 52.5 Å². The summed E-state index contributed by atoms with van der Waals surface area (Å²) in [4.78, 5) is 18.9. The topological polar surface area (TPSA) is 70.7 Å². The molecule has 0 heterocycles. The van der Waals surface area contributed by atoms with Crippen molar-refractivity contribution in [1.29, 1.82) is 0 Å². The van der Waals surface area contributed by atoms with Crippen LogP contribution in [0.4, 0.5) is 10.5 Å². The lowest BCUT2D eigenvalue weighted by Gasteiger charge is -2.32. The maximum atomic E-state index is 13.0. The second-order valence-corrected chi connectivity index (χ2v) is 7.57. The van der Waals surface area contributed by atoms with Crippen LogP contribution in [0.5, 0.6) is 0 Å². The minimum absolute atomic E-state index is 0.0121. The van der Waals surface area contributed by atoms with E-state index >= 15 is 0 Å². The highest BCUT2D eigenvalue weighted by atomic mass is 35.5. The Kier molecular flexibility index (Phi) is 6.80. The highest BCUT2D eigenvalue weighted by molar-refractivity contribution is 6.38. The molecule has 7 heteroatoms. The Labute approximate surface area is 169 Å². The number of urea groups is 1. The van der Waals surface area contributed by atoms with E-state index < -0.39 is 0 Å². The Morgan fingerprint density at radius 3 is 2.37 bits per heavy atom. The number of nitrogens with zero attached hydrogens (tertiary/aromatic N) is 2. The molecule has 0 saturated heterocycles. The summed E-state index contributed by atoms with van der Waals surface area (Å²) in [6.45, 7) is 0. The first-order chi connectivity index (χ1) is 13.1. The fraction of sp³-hybridized carbons (Fsp3) is 0.400. The number of carbonyl (C=O) groups excluding carboxylic acids is 1. The SMILES string of the molecule is NC(=Nc1c(Cl)cccc1Cl)N(C(=O)NC1C=CCCC1)C1C=CCCC1. The van der Waals surface area contributed by atoms with Gasteiger partial charge in [-0.15, -0.1) is 0 Å². The molecule has 0 saturated carbocycles. The summed E-state index contributed by atoms with van der Waals surface area (Å²) in [6.07, 6.45) is 14.1. The number of halogens is 2. The molecule has 0 fully saturated rings. The lowest BCUT2D eigenvalue weighted by Crippen LogP contribution is -2.54. The third kappa shape index (κ3) is 5.05. The first-order valence-electron chi connectivity index (χ1n) is 9.27. The van der Waals surface area contributed by atoms with Crippen LogP contribution in [0.1, 0.15) is 38.5 Å². The molecule has 0 bridgehead atoms. The van der Waals surface area contributed by atoms with E-state index in [9.17, 15) is 4.79 Å². The fourth-order valence-electron chi connectivity index (χ4n) is 3.36. The molecular weight excluding hydrogens is 383 g/mol. The number of allylic oxidation sites excluding steroid dienone is 2. The van der Waals surface area contributed by atoms with Crippen LogP contribution in [-0.2, 0) is 0 Å². The molecule has 0 spiro atoms. The van der Waals surface area contributed by atoms with Crippen LogP contribution >= 0.6 is 23.2 Å². The second-order valence-electron chi connectivity index (χ2n) is 6.75. The predicted octanol–water partition coefficient (Wildman–Crippen LogP) is 5.17. The van der Waals surface area contributed by atoms with E-state index in [0.717, 1.165) is 38.5 Å². The predicted molar refractivity (Wildman–Crippen MR) is 112 cm³/mol. The lowest BCUT2D eigenvalue weighted by molar-refractivity contribution is 0.208. The third-order valence-electron chi connectivity index (χ3n) is 4.75. The van der Waals surface area contributed by atoms with Crippen LogP contribution < -0.4 is 11.1 Å². The normalized spacial score (nSPS) is 22.5. The Morgan fingerprint density at radius 1 is 1.11 bits per heavy atom. The molecule has 0 radical (unpaired) electrons. The Balaban J connectivity index is 1.88. The summed E-state index contributed by atoms with van der Waals surface area (Å²) < 4.78 is 0. The number of benzene rings is 1. The van der Waals surface area contributed by atoms with Crippen molar-refractivity contribution in [2.45, 2.75) is 50.6 Å². The fourth-order valence-corrected chi connectivity index (χ4v) is 3.84. The van der Waals surface area contributed by atoms with Gasteiger partial charge in [-0.05, 0) is 50.7 Å². The van der Waals surface area contributed by atoms with Crippen molar-refractivity contribution in [1.82, 2.24) is 10.2 Å². The van der Waals surface area contributed by atoms with Crippen molar-refractivity contribution < 1.29 is 4.79 Å².